The molecular weight excluding hydrogens is 362 g/mol. The van der Waals surface area contributed by atoms with Crippen LogP contribution in [0.25, 0.3) is 0 Å². The quantitative estimate of drug-likeness (QED) is 0.619. The zero-order valence-corrected chi connectivity index (χ0v) is 15.5. The van der Waals surface area contributed by atoms with Gasteiger partial charge in [-0.05, 0) is 23.8 Å². The molecule has 3 N–H and O–H groups in total. The molecule has 0 saturated carbocycles. The van der Waals surface area contributed by atoms with Crippen molar-refractivity contribution in [1.29, 1.82) is 0 Å². The molecule has 0 bridgehead atoms. The molecule has 0 atom stereocenters. The van der Waals surface area contributed by atoms with Crippen molar-refractivity contribution in [3.05, 3.63) is 78.6 Å². The van der Waals surface area contributed by atoms with Crippen molar-refractivity contribution >= 4 is 21.5 Å². The van der Waals surface area contributed by atoms with Crippen molar-refractivity contribution in [1.82, 2.24) is 9.97 Å². The number of aromatic nitrogens is 2. The first-order chi connectivity index (χ1) is 13.0. The molecule has 3 aromatic rings. The Morgan fingerprint density at radius 1 is 0.963 bits per heavy atom. The van der Waals surface area contributed by atoms with Crippen LogP contribution in [0, 0.1) is 0 Å². The smallest absolute Gasteiger partial charge is 0.255 e. The van der Waals surface area contributed by atoms with Crippen LogP contribution >= 0.6 is 0 Å². The van der Waals surface area contributed by atoms with Crippen LogP contribution < -0.4 is 15.4 Å². The molecule has 8 heteroatoms. The fraction of sp³-hybridized carbons (Fsp3) is 0.158. The molecule has 0 unspecified atom stereocenters. The predicted molar refractivity (Wildman–Crippen MR) is 106 cm³/mol. The zero-order valence-electron chi connectivity index (χ0n) is 14.7. The van der Waals surface area contributed by atoms with Crippen molar-refractivity contribution in [2.45, 2.75) is 11.6 Å². The van der Waals surface area contributed by atoms with Gasteiger partial charge in [0, 0.05) is 43.8 Å². The van der Waals surface area contributed by atoms with Crippen molar-refractivity contribution in [3.63, 3.8) is 0 Å². The maximum absolute atomic E-state index is 11.4. The van der Waals surface area contributed by atoms with Crippen LogP contribution in [0.15, 0.2) is 78.1 Å². The fourth-order valence-electron chi connectivity index (χ4n) is 2.63. The normalized spacial score (nSPS) is 11.1. The number of primary sulfonamides is 1. The van der Waals surface area contributed by atoms with Crippen LogP contribution in [-0.4, -0.2) is 31.5 Å². The average Bonchev–Trinajstić information content (AvgIpc) is 2.68. The van der Waals surface area contributed by atoms with E-state index in [4.69, 9.17) is 5.14 Å². The summed E-state index contributed by atoms with van der Waals surface area (Å²) < 4.78 is 22.9. The van der Waals surface area contributed by atoms with Crippen molar-refractivity contribution in [2.24, 2.45) is 5.14 Å². The van der Waals surface area contributed by atoms with Gasteiger partial charge in [-0.15, -0.1) is 0 Å². The SMILES string of the molecule is NS(=O)(=O)c1cc(NCCN(Cc2ccccc2)c2ccccn2)ccn1. The highest BCUT2D eigenvalue weighted by Crippen LogP contribution is 2.15. The van der Waals surface area contributed by atoms with Crippen LogP contribution in [0.1, 0.15) is 5.56 Å². The maximum atomic E-state index is 11.4. The van der Waals surface area contributed by atoms with Gasteiger partial charge in [-0.3, -0.25) is 0 Å². The lowest BCUT2D eigenvalue weighted by atomic mass is 10.2. The van der Waals surface area contributed by atoms with Gasteiger partial charge < -0.3 is 10.2 Å². The van der Waals surface area contributed by atoms with Gasteiger partial charge in [-0.25, -0.2) is 23.5 Å². The Morgan fingerprint density at radius 2 is 1.74 bits per heavy atom. The Bertz CT molecular complexity index is 966. The monoisotopic (exact) mass is 383 g/mol. The predicted octanol–water partition coefficient (Wildman–Crippen LogP) is 2.24. The molecule has 3 rings (SSSR count). The van der Waals surface area contributed by atoms with Gasteiger partial charge in [0.05, 0.1) is 0 Å². The highest BCUT2D eigenvalue weighted by Gasteiger charge is 2.11. The Morgan fingerprint density at radius 3 is 2.44 bits per heavy atom. The number of pyridine rings is 2. The lowest BCUT2D eigenvalue weighted by Gasteiger charge is -2.24. The third kappa shape index (κ3) is 5.50. The highest BCUT2D eigenvalue weighted by molar-refractivity contribution is 7.89. The lowest BCUT2D eigenvalue weighted by Crippen LogP contribution is -2.29. The average molecular weight is 383 g/mol. The van der Waals surface area contributed by atoms with Gasteiger partial charge in [-0.2, -0.15) is 0 Å². The van der Waals surface area contributed by atoms with E-state index in [1.807, 2.05) is 36.4 Å². The molecule has 0 spiro atoms. The number of hydrogen-bond acceptors (Lipinski definition) is 6. The number of nitrogens with two attached hydrogens (primary N) is 1. The maximum Gasteiger partial charge on any atom is 0.255 e. The molecule has 0 aliphatic carbocycles. The van der Waals surface area contributed by atoms with E-state index < -0.39 is 10.0 Å². The second-order valence-electron chi connectivity index (χ2n) is 5.95. The summed E-state index contributed by atoms with van der Waals surface area (Å²) in [5.74, 6) is 0.878. The summed E-state index contributed by atoms with van der Waals surface area (Å²) in [6, 6.07) is 19.1. The molecule has 2 heterocycles. The summed E-state index contributed by atoms with van der Waals surface area (Å²) in [4.78, 5) is 10.4. The van der Waals surface area contributed by atoms with Crippen LogP contribution in [0.4, 0.5) is 11.5 Å². The molecular formula is C19H21N5O2S. The number of hydrogen-bond donors (Lipinski definition) is 2. The third-order valence-electron chi connectivity index (χ3n) is 3.93. The molecule has 140 valence electrons. The van der Waals surface area contributed by atoms with Crippen molar-refractivity contribution in [2.75, 3.05) is 23.3 Å². The first-order valence-electron chi connectivity index (χ1n) is 8.45. The molecule has 2 aromatic heterocycles. The van der Waals surface area contributed by atoms with E-state index in [0.29, 0.717) is 18.8 Å². The fourth-order valence-corrected chi connectivity index (χ4v) is 3.13. The molecule has 0 amide bonds. The molecule has 0 saturated heterocycles. The second-order valence-corrected chi connectivity index (χ2v) is 7.46. The van der Waals surface area contributed by atoms with Gasteiger partial charge in [0.1, 0.15) is 5.82 Å². The summed E-state index contributed by atoms with van der Waals surface area (Å²) in [7, 11) is -3.82. The zero-order chi connectivity index (χ0) is 19.1. The topological polar surface area (TPSA) is 101 Å². The van der Waals surface area contributed by atoms with Crippen LogP contribution in [0.2, 0.25) is 0 Å². The molecule has 7 nitrogen and oxygen atoms in total. The number of nitrogens with zero attached hydrogens (tertiary/aromatic N) is 3. The van der Waals surface area contributed by atoms with Gasteiger partial charge in [-0.1, -0.05) is 36.4 Å². The summed E-state index contributed by atoms with van der Waals surface area (Å²) in [6.45, 7) is 1.99. The first kappa shape index (κ1) is 18.8. The molecule has 0 aliphatic heterocycles. The van der Waals surface area contributed by atoms with Gasteiger partial charge in [0.2, 0.25) is 0 Å². The van der Waals surface area contributed by atoms with Crippen molar-refractivity contribution in [3.8, 4) is 0 Å². The largest absolute Gasteiger partial charge is 0.383 e. The minimum Gasteiger partial charge on any atom is -0.383 e. The Hall–Kier alpha value is -2.97. The van der Waals surface area contributed by atoms with E-state index >= 15 is 0 Å². The summed E-state index contributed by atoms with van der Waals surface area (Å²) >= 11 is 0. The minimum absolute atomic E-state index is 0.154. The molecule has 1 aromatic carbocycles. The number of rotatable bonds is 8. The van der Waals surface area contributed by atoms with E-state index in [9.17, 15) is 8.42 Å². The summed E-state index contributed by atoms with van der Waals surface area (Å²) in [6.07, 6.45) is 3.19. The van der Waals surface area contributed by atoms with E-state index in [1.165, 1.54) is 17.8 Å². The Labute approximate surface area is 158 Å². The van der Waals surface area contributed by atoms with E-state index in [0.717, 1.165) is 12.4 Å². The Kier molecular flexibility index (Phi) is 6.00. The standard InChI is InChI=1S/C19H21N5O2S/c20-27(25,26)19-14-17(9-11-23-19)21-12-13-24(18-8-4-5-10-22-18)15-16-6-2-1-3-7-16/h1-11,14H,12-13,15H2,(H,21,23)(H2,20,25,26). The van der Waals surface area contributed by atoms with Crippen molar-refractivity contribution < 1.29 is 8.42 Å². The minimum atomic E-state index is -3.82. The van der Waals surface area contributed by atoms with E-state index in [2.05, 4.69) is 32.3 Å². The second kappa shape index (κ2) is 8.61. The summed E-state index contributed by atoms with van der Waals surface area (Å²) in [5, 5.41) is 8.19. The van der Waals surface area contributed by atoms with Crippen LogP contribution in [-0.2, 0) is 16.6 Å². The number of benzene rings is 1. The van der Waals surface area contributed by atoms with E-state index in [1.54, 1.807) is 12.3 Å². The number of anilines is 2. The highest BCUT2D eigenvalue weighted by atomic mass is 32.2. The van der Waals surface area contributed by atoms with Gasteiger partial charge in [0.25, 0.3) is 10.0 Å². The van der Waals surface area contributed by atoms with Crippen LogP contribution in [0.5, 0.6) is 0 Å². The number of sulfonamides is 1. The number of nitrogens with one attached hydrogen (secondary N) is 1. The molecule has 0 aliphatic rings. The lowest BCUT2D eigenvalue weighted by molar-refractivity contribution is 0.594. The van der Waals surface area contributed by atoms with Gasteiger partial charge >= 0.3 is 0 Å². The van der Waals surface area contributed by atoms with E-state index in [-0.39, 0.29) is 5.03 Å². The first-order valence-corrected chi connectivity index (χ1v) is 9.99. The third-order valence-corrected chi connectivity index (χ3v) is 4.73. The van der Waals surface area contributed by atoms with Gasteiger partial charge in [0.15, 0.2) is 5.03 Å². The molecule has 27 heavy (non-hydrogen) atoms. The van der Waals surface area contributed by atoms with Crippen LogP contribution in [0.3, 0.4) is 0 Å². The Balaban J connectivity index is 1.68. The molecule has 0 radical (unpaired) electrons. The summed E-state index contributed by atoms with van der Waals surface area (Å²) in [5.41, 5.74) is 1.83. The molecule has 0 fully saturated rings.